The van der Waals surface area contributed by atoms with Crippen LogP contribution < -0.4 is 0 Å². The van der Waals surface area contributed by atoms with E-state index in [1.54, 1.807) is 0 Å². The lowest BCUT2D eigenvalue weighted by atomic mass is 9.81. The smallest absolute Gasteiger partial charge is 0.368 e. The Bertz CT molecular complexity index is 1290. The zero-order valence-electron chi connectivity index (χ0n) is 23.5. The van der Waals surface area contributed by atoms with E-state index in [1.807, 2.05) is 0 Å². The fourth-order valence-corrected chi connectivity index (χ4v) is 2.77. The van der Waals surface area contributed by atoms with Gasteiger partial charge in [0.1, 0.15) is 0 Å². The Hall–Kier alpha value is -3.81. The van der Waals surface area contributed by atoms with Crippen LogP contribution in [0.25, 0.3) is 0 Å². The highest BCUT2D eigenvalue weighted by Crippen LogP contribution is 2.69. The second-order valence-electron chi connectivity index (χ2n) is 8.88. The molecule has 0 bridgehead atoms. The highest BCUT2D eigenvalue weighted by atomic mass is 19.4. The third-order valence-electron chi connectivity index (χ3n) is 4.99. The molecule has 0 atom stereocenters. The van der Waals surface area contributed by atoms with E-state index in [9.17, 15) is 146 Å². The van der Waals surface area contributed by atoms with E-state index >= 15 is 0 Å². The molecule has 9 nitrogen and oxygen atoms in total. The fourth-order valence-electron chi connectivity index (χ4n) is 2.77. The number of hydrogen-bond acceptors (Lipinski definition) is 9. The van der Waals surface area contributed by atoms with Crippen molar-refractivity contribution >= 4 is 17.9 Å². The molecule has 0 aromatic carbocycles. The molecule has 0 aromatic rings. The molecule has 0 aromatic heterocycles. The maximum atomic E-state index is 14.8. The largest absolute Gasteiger partial charge is 0.575 e. The van der Waals surface area contributed by atoms with Crippen LogP contribution >= 0.6 is 0 Å². The van der Waals surface area contributed by atoms with Crippen molar-refractivity contribution in [3.8, 4) is 0 Å². The van der Waals surface area contributed by atoms with Gasteiger partial charge < -0.3 is 14.2 Å². The lowest BCUT2D eigenvalue weighted by Gasteiger charge is -2.48. The molecule has 0 rings (SSSR count). The van der Waals surface area contributed by atoms with E-state index in [1.165, 1.54) is 14.2 Å². The van der Waals surface area contributed by atoms with Crippen molar-refractivity contribution in [3.63, 3.8) is 0 Å². The second kappa shape index (κ2) is 14.2. The molecule has 0 aliphatic heterocycles. The van der Waals surface area contributed by atoms with Crippen molar-refractivity contribution < 1.29 is 175 Å². The molecule has 0 saturated carbocycles. The number of hydrogen-bond donors (Lipinski definition) is 0. The van der Waals surface area contributed by atoms with Gasteiger partial charge in [0.25, 0.3) is 0 Å². The Kier molecular flexibility index (Phi) is 13.3. The molecule has 0 unspecified atom stereocenters. The van der Waals surface area contributed by atoms with Gasteiger partial charge in [0, 0.05) is 0 Å². The van der Waals surface area contributed by atoms with Crippen LogP contribution in [0.5, 0.6) is 0 Å². The zero-order valence-corrected chi connectivity index (χ0v) is 23.5. The predicted octanol–water partition coefficient (Wildman–Crippen LogP) is 8.24. The summed E-state index contributed by atoms with van der Waals surface area (Å²) in [6.45, 7) is 0. The van der Waals surface area contributed by atoms with E-state index in [-0.39, 0.29) is 0 Å². The lowest BCUT2D eigenvalue weighted by Crippen LogP contribution is -2.76. The van der Waals surface area contributed by atoms with Gasteiger partial charge in [-0.3, -0.25) is 0 Å². The number of carbonyl (C=O) groups excluding carboxylic acids is 3. The number of rotatable bonds is 15. The zero-order chi connectivity index (χ0) is 46.0. The predicted molar refractivity (Wildman–Crippen MR) is 92.7 cm³/mol. The van der Waals surface area contributed by atoms with Gasteiger partial charge >= 0.3 is 103 Å². The number of halogens is 30. The molecule has 0 aliphatic carbocycles. The van der Waals surface area contributed by atoms with Crippen LogP contribution in [0.3, 0.4) is 0 Å². The summed E-state index contributed by atoms with van der Waals surface area (Å²) in [4.78, 5) is 32.1. The summed E-state index contributed by atoms with van der Waals surface area (Å²) in [6.07, 6.45) is -86.8. The highest BCUT2D eigenvalue weighted by molar-refractivity contribution is 5.79. The van der Waals surface area contributed by atoms with E-state index in [4.69, 9.17) is 0 Å². The van der Waals surface area contributed by atoms with Gasteiger partial charge in [-0.15, -0.1) is 39.5 Å². The maximum absolute atomic E-state index is 14.8. The van der Waals surface area contributed by atoms with E-state index < -0.39 is 103 Å². The van der Waals surface area contributed by atoms with Crippen LogP contribution in [-0.4, -0.2) is 97.6 Å². The van der Waals surface area contributed by atoms with Gasteiger partial charge in [0.15, 0.2) is 0 Å². The van der Waals surface area contributed by atoms with Gasteiger partial charge in [0.05, 0.1) is 0 Å². The van der Waals surface area contributed by atoms with Gasteiger partial charge in [0.2, 0.25) is 0 Å². The Morgan fingerprint density at radius 1 is 0.268 bits per heavy atom. The standard InChI is InChI=1S/C17F30O9/c18-4(19,1(48)51-15(39,40)41)9(27,28)54-12(33,34)7(8(24,25)26,13(35,36)55-10(29,30)5(20,21)2(49)52-16(42,43)44)14(37,38)56-11(31,32)6(22,23)3(50)53-17(45,46)47. The number of carbonyl (C=O) groups is 3. The van der Waals surface area contributed by atoms with Crippen molar-refractivity contribution in [1.29, 1.82) is 0 Å². The summed E-state index contributed by atoms with van der Waals surface area (Å²) in [7, 11) is 0. The monoisotopic (exact) mass is 918 g/mol. The molecule has 0 N–H and O–H groups in total. The quantitative estimate of drug-likeness (QED) is 0.0913. The van der Waals surface area contributed by atoms with Crippen LogP contribution in [0.15, 0.2) is 0 Å². The molecule has 0 spiro atoms. The molecule has 0 heterocycles. The van der Waals surface area contributed by atoms with Crippen molar-refractivity contribution in [1.82, 2.24) is 0 Å². The Labute approximate surface area is 279 Å². The highest BCUT2D eigenvalue weighted by Gasteiger charge is 2.98. The summed E-state index contributed by atoms with van der Waals surface area (Å²) in [5.74, 6) is -40.4. The van der Waals surface area contributed by atoms with E-state index in [0.717, 1.165) is 14.2 Å². The fraction of sp³-hybridized carbons (Fsp3) is 0.824. The molecule has 0 amide bonds. The van der Waals surface area contributed by atoms with Crippen LogP contribution in [0.4, 0.5) is 132 Å². The first-order valence-corrected chi connectivity index (χ1v) is 11.2. The maximum Gasteiger partial charge on any atom is 0.575 e. The average molecular weight is 918 g/mol. The Morgan fingerprint density at radius 3 is 0.554 bits per heavy atom. The molecule has 39 heteroatoms. The Balaban J connectivity index is 8.39. The number of ether oxygens (including phenoxy) is 6. The first-order chi connectivity index (χ1) is 23.8. The molecule has 0 radical (unpaired) electrons. The van der Waals surface area contributed by atoms with Crippen LogP contribution in [-0.2, 0) is 42.8 Å². The minimum Gasteiger partial charge on any atom is -0.368 e. The van der Waals surface area contributed by atoms with Crippen molar-refractivity contribution in [3.05, 3.63) is 0 Å². The topological polar surface area (TPSA) is 107 Å². The average Bonchev–Trinajstić information content (AvgIpc) is 2.81. The second-order valence-corrected chi connectivity index (χ2v) is 8.88. The van der Waals surface area contributed by atoms with Crippen molar-refractivity contribution in [2.24, 2.45) is 5.41 Å². The molecule has 0 saturated heterocycles. The van der Waals surface area contributed by atoms with E-state index in [0.29, 0.717) is 0 Å². The molecule has 56 heavy (non-hydrogen) atoms. The van der Waals surface area contributed by atoms with Gasteiger partial charge in [-0.2, -0.15) is 92.2 Å². The van der Waals surface area contributed by atoms with Gasteiger partial charge in [-0.25, -0.2) is 28.6 Å². The third-order valence-corrected chi connectivity index (χ3v) is 4.99. The number of esters is 3. The molecular weight excluding hydrogens is 918 g/mol. The summed E-state index contributed by atoms with van der Waals surface area (Å²) in [6, 6.07) is 0. The van der Waals surface area contributed by atoms with Crippen LogP contribution in [0.2, 0.25) is 0 Å². The normalized spacial score (nSPS) is 15.8. The SMILES string of the molecule is O=C(OC(F)(F)F)C(F)(F)C(F)(F)OC(F)(F)C(C(F)(F)F)(C(F)(F)OC(F)(F)C(F)(F)C(=O)OC(F)(F)F)C(F)(F)OC(F)(F)C(F)(F)C(=O)OC(F)(F)F. The van der Waals surface area contributed by atoms with Crippen molar-refractivity contribution in [2.45, 2.75) is 79.7 Å². The Morgan fingerprint density at radius 2 is 0.429 bits per heavy atom. The van der Waals surface area contributed by atoms with Crippen LogP contribution in [0, 0.1) is 5.41 Å². The molecule has 332 valence electrons. The summed E-state index contributed by atoms with van der Waals surface area (Å²) >= 11 is 0. The molecule has 0 fully saturated rings. The van der Waals surface area contributed by atoms with Crippen LogP contribution in [0.1, 0.15) is 0 Å². The summed E-state index contributed by atoms with van der Waals surface area (Å²) in [5, 5.41) is 0. The van der Waals surface area contributed by atoms with Gasteiger partial charge in [-0.05, 0) is 0 Å². The third kappa shape index (κ3) is 10.0. The number of alkyl halides is 30. The summed E-state index contributed by atoms with van der Waals surface area (Å²) in [5.41, 5.74) is -10.3. The first-order valence-electron chi connectivity index (χ1n) is 11.2. The molecular formula is C17F30O9. The molecule has 0 aliphatic rings. The minimum absolute atomic E-state index is 0.847. The van der Waals surface area contributed by atoms with Gasteiger partial charge in [-0.1, -0.05) is 0 Å². The minimum atomic E-state index is -10.3. The lowest BCUT2D eigenvalue weighted by molar-refractivity contribution is -0.602. The van der Waals surface area contributed by atoms with Crippen molar-refractivity contribution in [2.75, 3.05) is 0 Å². The summed E-state index contributed by atoms with van der Waals surface area (Å²) < 4.78 is 410. The van der Waals surface area contributed by atoms with E-state index in [2.05, 4.69) is 0 Å². The first kappa shape index (κ1) is 52.2.